The Morgan fingerprint density at radius 1 is 1.53 bits per heavy atom. The summed E-state index contributed by atoms with van der Waals surface area (Å²) in [6, 6.07) is 4.79. The van der Waals surface area contributed by atoms with Crippen LogP contribution in [0.5, 0.6) is 0 Å². The van der Waals surface area contributed by atoms with Gasteiger partial charge in [0.15, 0.2) is 0 Å². The molecule has 4 heteroatoms. The molecule has 0 fully saturated rings. The average molecular weight is 211 g/mol. The molecule has 0 aromatic heterocycles. The van der Waals surface area contributed by atoms with Crippen LogP contribution >= 0.6 is 0 Å². The van der Waals surface area contributed by atoms with E-state index in [0.717, 1.165) is 5.56 Å². The van der Waals surface area contributed by atoms with E-state index in [-0.39, 0.29) is 12.4 Å². The van der Waals surface area contributed by atoms with Crippen LogP contribution in [-0.2, 0) is 9.53 Å². The second-order valence-electron chi connectivity index (χ2n) is 3.14. The third-order valence-corrected chi connectivity index (χ3v) is 1.85. The number of benzene rings is 1. The summed E-state index contributed by atoms with van der Waals surface area (Å²) >= 11 is 0. The highest BCUT2D eigenvalue weighted by atomic mass is 19.1. The molecule has 15 heavy (non-hydrogen) atoms. The Morgan fingerprint density at radius 3 is 2.87 bits per heavy atom. The normalized spacial score (nSPS) is 9.80. The van der Waals surface area contributed by atoms with Crippen molar-refractivity contribution in [3.8, 4) is 0 Å². The minimum Gasteiger partial charge on any atom is -0.465 e. The molecule has 0 saturated heterocycles. The maximum Gasteiger partial charge on any atom is 0.325 e. The highest BCUT2D eigenvalue weighted by molar-refractivity contribution is 5.75. The third-order valence-electron chi connectivity index (χ3n) is 1.85. The number of esters is 1. The van der Waals surface area contributed by atoms with Crippen molar-refractivity contribution in [1.82, 2.24) is 0 Å². The van der Waals surface area contributed by atoms with Gasteiger partial charge in [0.05, 0.1) is 12.3 Å². The molecule has 0 radical (unpaired) electrons. The lowest BCUT2D eigenvalue weighted by Gasteiger charge is -2.07. The van der Waals surface area contributed by atoms with Crippen LogP contribution in [0, 0.1) is 12.7 Å². The highest BCUT2D eigenvalue weighted by Crippen LogP contribution is 2.14. The van der Waals surface area contributed by atoms with Gasteiger partial charge >= 0.3 is 5.97 Å². The monoisotopic (exact) mass is 211 g/mol. The van der Waals surface area contributed by atoms with Crippen molar-refractivity contribution in [3.63, 3.8) is 0 Å². The first-order valence-corrected chi connectivity index (χ1v) is 4.79. The van der Waals surface area contributed by atoms with Gasteiger partial charge in [-0.25, -0.2) is 4.39 Å². The van der Waals surface area contributed by atoms with Gasteiger partial charge < -0.3 is 10.1 Å². The van der Waals surface area contributed by atoms with Gasteiger partial charge in [0.2, 0.25) is 0 Å². The van der Waals surface area contributed by atoms with E-state index in [1.54, 1.807) is 26.0 Å². The standard InChI is InChI=1S/C11H14FNO2/c1-3-15-11(14)7-13-10-5-4-8(2)6-9(10)12/h4-6,13H,3,7H2,1-2H3. The molecule has 0 saturated carbocycles. The molecule has 0 aliphatic carbocycles. The predicted octanol–water partition coefficient (Wildman–Crippen LogP) is 2.11. The fourth-order valence-corrected chi connectivity index (χ4v) is 1.14. The molecular weight excluding hydrogens is 197 g/mol. The lowest BCUT2D eigenvalue weighted by molar-refractivity contribution is -0.140. The topological polar surface area (TPSA) is 38.3 Å². The van der Waals surface area contributed by atoms with E-state index in [9.17, 15) is 9.18 Å². The lowest BCUT2D eigenvalue weighted by Crippen LogP contribution is -2.17. The quantitative estimate of drug-likeness (QED) is 0.775. The van der Waals surface area contributed by atoms with Crippen LogP contribution in [0.2, 0.25) is 0 Å². The van der Waals surface area contributed by atoms with E-state index < -0.39 is 5.97 Å². The highest BCUT2D eigenvalue weighted by Gasteiger charge is 2.04. The van der Waals surface area contributed by atoms with Crippen LogP contribution in [0.3, 0.4) is 0 Å². The van der Waals surface area contributed by atoms with Crippen molar-refractivity contribution in [2.75, 3.05) is 18.5 Å². The molecule has 1 aromatic rings. The van der Waals surface area contributed by atoms with Gasteiger partial charge in [-0.3, -0.25) is 4.79 Å². The van der Waals surface area contributed by atoms with Crippen LogP contribution in [0.25, 0.3) is 0 Å². The van der Waals surface area contributed by atoms with Gasteiger partial charge in [0.25, 0.3) is 0 Å². The summed E-state index contributed by atoms with van der Waals surface area (Å²) in [5, 5.41) is 2.68. The summed E-state index contributed by atoms with van der Waals surface area (Å²) < 4.78 is 18.0. The Balaban J connectivity index is 2.54. The van der Waals surface area contributed by atoms with Gasteiger partial charge in [-0.15, -0.1) is 0 Å². The molecule has 0 heterocycles. The second kappa shape index (κ2) is 5.34. The SMILES string of the molecule is CCOC(=O)CNc1ccc(C)cc1F. The number of rotatable bonds is 4. The van der Waals surface area contributed by atoms with Crippen LogP contribution in [0.4, 0.5) is 10.1 Å². The number of carbonyl (C=O) groups is 1. The van der Waals surface area contributed by atoms with Crippen molar-refractivity contribution >= 4 is 11.7 Å². The lowest BCUT2D eigenvalue weighted by atomic mass is 10.2. The summed E-state index contributed by atoms with van der Waals surface area (Å²) in [7, 11) is 0. The maximum absolute atomic E-state index is 13.3. The molecule has 0 bridgehead atoms. The Bertz CT molecular complexity index is 352. The zero-order valence-corrected chi connectivity index (χ0v) is 8.84. The number of hydrogen-bond donors (Lipinski definition) is 1. The van der Waals surface area contributed by atoms with Gasteiger partial charge in [0.1, 0.15) is 12.4 Å². The van der Waals surface area contributed by atoms with Gasteiger partial charge in [0, 0.05) is 0 Å². The Hall–Kier alpha value is -1.58. The van der Waals surface area contributed by atoms with Crippen molar-refractivity contribution < 1.29 is 13.9 Å². The van der Waals surface area contributed by atoms with Crippen LogP contribution in [0.1, 0.15) is 12.5 Å². The molecular formula is C11H14FNO2. The van der Waals surface area contributed by atoms with Crippen molar-refractivity contribution in [2.45, 2.75) is 13.8 Å². The molecule has 0 amide bonds. The number of nitrogens with one attached hydrogen (secondary N) is 1. The zero-order chi connectivity index (χ0) is 11.3. The number of aryl methyl sites for hydroxylation is 1. The first kappa shape index (κ1) is 11.5. The first-order valence-electron chi connectivity index (χ1n) is 4.79. The molecule has 0 unspecified atom stereocenters. The Labute approximate surface area is 88.2 Å². The fourth-order valence-electron chi connectivity index (χ4n) is 1.14. The molecule has 0 aliphatic rings. The van der Waals surface area contributed by atoms with E-state index >= 15 is 0 Å². The minimum absolute atomic E-state index is 0.0200. The van der Waals surface area contributed by atoms with Gasteiger partial charge in [-0.1, -0.05) is 6.07 Å². The summed E-state index contributed by atoms with van der Waals surface area (Å²) in [6.45, 7) is 3.84. The molecule has 0 atom stereocenters. The molecule has 1 rings (SSSR count). The van der Waals surface area contributed by atoms with E-state index in [1.165, 1.54) is 6.07 Å². The maximum atomic E-state index is 13.3. The average Bonchev–Trinajstić information content (AvgIpc) is 2.17. The zero-order valence-electron chi connectivity index (χ0n) is 8.84. The number of hydrogen-bond acceptors (Lipinski definition) is 3. The van der Waals surface area contributed by atoms with E-state index in [0.29, 0.717) is 12.3 Å². The van der Waals surface area contributed by atoms with E-state index in [4.69, 9.17) is 4.74 Å². The minimum atomic E-state index is -0.391. The Morgan fingerprint density at radius 2 is 2.27 bits per heavy atom. The number of ether oxygens (including phenoxy) is 1. The van der Waals surface area contributed by atoms with Crippen molar-refractivity contribution in [2.24, 2.45) is 0 Å². The number of carbonyl (C=O) groups excluding carboxylic acids is 1. The molecule has 1 N–H and O–H groups in total. The first-order chi connectivity index (χ1) is 7.13. The number of halogens is 1. The number of anilines is 1. The van der Waals surface area contributed by atoms with Crippen molar-refractivity contribution in [3.05, 3.63) is 29.6 Å². The van der Waals surface area contributed by atoms with E-state index in [2.05, 4.69) is 5.32 Å². The molecule has 1 aromatic carbocycles. The summed E-state index contributed by atoms with van der Waals surface area (Å²) in [4.78, 5) is 11.0. The van der Waals surface area contributed by atoms with Gasteiger partial charge in [-0.05, 0) is 31.5 Å². The van der Waals surface area contributed by atoms with Crippen LogP contribution in [0.15, 0.2) is 18.2 Å². The predicted molar refractivity (Wildman–Crippen MR) is 56.3 cm³/mol. The summed E-state index contributed by atoms with van der Waals surface area (Å²) in [6.07, 6.45) is 0. The summed E-state index contributed by atoms with van der Waals surface area (Å²) in [5.41, 5.74) is 1.16. The molecule has 3 nitrogen and oxygen atoms in total. The second-order valence-corrected chi connectivity index (χ2v) is 3.14. The smallest absolute Gasteiger partial charge is 0.325 e. The Kier molecular flexibility index (Phi) is 4.09. The molecule has 82 valence electrons. The third kappa shape index (κ3) is 3.58. The van der Waals surface area contributed by atoms with E-state index in [1.807, 2.05) is 0 Å². The van der Waals surface area contributed by atoms with Gasteiger partial charge in [-0.2, -0.15) is 0 Å². The van der Waals surface area contributed by atoms with Crippen LogP contribution < -0.4 is 5.32 Å². The molecule has 0 spiro atoms. The fraction of sp³-hybridized carbons (Fsp3) is 0.364. The van der Waals surface area contributed by atoms with Crippen LogP contribution in [-0.4, -0.2) is 19.1 Å². The summed E-state index contributed by atoms with van der Waals surface area (Å²) in [5.74, 6) is -0.753. The largest absolute Gasteiger partial charge is 0.465 e. The van der Waals surface area contributed by atoms with Crippen molar-refractivity contribution in [1.29, 1.82) is 0 Å². The molecule has 0 aliphatic heterocycles.